The molecule has 1 fully saturated rings. The smallest absolute Gasteiger partial charge is 0.408 e. The molecular weight excluding hydrogens is 423 g/mol. The van der Waals surface area contributed by atoms with Crippen molar-refractivity contribution in [1.82, 2.24) is 9.88 Å². The highest BCUT2D eigenvalue weighted by molar-refractivity contribution is 7.99. The molecule has 1 unspecified atom stereocenters. The van der Waals surface area contributed by atoms with Crippen LogP contribution in [0.2, 0.25) is 0 Å². The third-order valence-corrected chi connectivity index (χ3v) is 7.95. The van der Waals surface area contributed by atoms with Gasteiger partial charge in [-0.25, -0.2) is 9.18 Å². The quantitative estimate of drug-likeness (QED) is 0.370. The molecule has 32 heavy (non-hydrogen) atoms. The Balaban J connectivity index is 1.38. The van der Waals surface area contributed by atoms with Crippen molar-refractivity contribution in [3.05, 3.63) is 64.4 Å². The van der Waals surface area contributed by atoms with E-state index in [1.165, 1.54) is 31.2 Å². The summed E-state index contributed by atoms with van der Waals surface area (Å²) in [6.45, 7) is 5.60. The highest BCUT2D eigenvalue weighted by Crippen LogP contribution is 2.37. The monoisotopic (exact) mass is 456 g/mol. The number of aromatic amines is 1. The molecule has 1 N–H and O–H groups in total. The van der Waals surface area contributed by atoms with Crippen LogP contribution in [0.15, 0.2) is 56.6 Å². The first kappa shape index (κ1) is 23.1. The average Bonchev–Trinajstić information content (AvgIpc) is 3.18. The Bertz CT molecular complexity index is 1050. The Kier molecular flexibility index (Phi) is 7.74. The van der Waals surface area contributed by atoms with E-state index in [2.05, 4.69) is 29.8 Å². The third-order valence-electron chi connectivity index (χ3n) is 6.79. The Morgan fingerprint density at radius 1 is 1.12 bits per heavy atom. The summed E-state index contributed by atoms with van der Waals surface area (Å²) in [5.74, 6) is 0.994. The fraction of sp³-hybridized carbons (Fsp3) is 0.500. The van der Waals surface area contributed by atoms with Gasteiger partial charge in [0.2, 0.25) is 0 Å². The summed E-state index contributed by atoms with van der Waals surface area (Å²) in [7, 11) is 0. The topological polar surface area (TPSA) is 49.2 Å². The molecule has 4 rings (SSSR count). The maximum atomic E-state index is 13.2. The van der Waals surface area contributed by atoms with Crippen molar-refractivity contribution in [2.75, 3.05) is 12.3 Å². The van der Waals surface area contributed by atoms with Crippen LogP contribution in [0, 0.1) is 5.82 Å². The van der Waals surface area contributed by atoms with E-state index in [-0.39, 0.29) is 11.6 Å². The molecular formula is C26H33FN2O2S. The lowest BCUT2D eigenvalue weighted by Crippen LogP contribution is -2.45. The van der Waals surface area contributed by atoms with Crippen molar-refractivity contribution in [2.45, 2.75) is 75.3 Å². The molecule has 1 aliphatic rings. The fourth-order valence-electron chi connectivity index (χ4n) is 5.17. The van der Waals surface area contributed by atoms with Crippen LogP contribution in [0.3, 0.4) is 0 Å². The van der Waals surface area contributed by atoms with Crippen molar-refractivity contribution in [3.63, 3.8) is 0 Å². The predicted molar refractivity (Wildman–Crippen MR) is 130 cm³/mol. The third kappa shape index (κ3) is 5.46. The second-order valence-electron chi connectivity index (χ2n) is 8.81. The van der Waals surface area contributed by atoms with Crippen LogP contribution >= 0.6 is 11.8 Å². The molecule has 0 saturated heterocycles. The van der Waals surface area contributed by atoms with E-state index in [1.807, 2.05) is 36.0 Å². The Labute approximate surface area is 193 Å². The summed E-state index contributed by atoms with van der Waals surface area (Å²) < 4.78 is 18.5. The summed E-state index contributed by atoms with van der Waals surface area (Å²) >= 11 is 1.84. The van der Waals surface area contributed by atoms with Crippen LogP contribution < -0.4 is 5.76 Å². The van der Waals surface area contributed by atoms with Crippen molar-refractivity contribution >= 4 is 22.9 Å². The molecule has 0 spiro atoms. The zero-order chi connectivity index (χ0) is 22.5. The molecule has 0 aliphatic heterocycles. The number of nitrogens with one attached hydrogen (secondary N) is 1. The SMILES string of the molecule is CCCC(CSc1ccc(F)cc1)N(CC)C1CCC(c2ccc3[nH]c(=O)oc3c2)CC1. The summed E-state index contributed by atoms with van der Waals surface area (Å²) in [6.07, 6.45) is 7.05. The van der Waals surface area contributed by atoms with Crippen LogP contribution in [0.25, 0.3) is 11.1 Å². The summed E-state index contributed by atoms with van der Waals surface area (Å²) in [5.41, 5.74) is 2.70. The molecule has 0 radical (unpaired) electrons. The molecule has 0 bridgehead atoms. The van der Waals surface area contributed by atoms with Crippen molar-refractivity contribution in [3.8, 4) is 0 Å². The van der Waals surface area contributed by atoms with Crippen LogP contribution in [0.4, 0.5) is 4.39 Å². The molecule has 2 aromatic carbocycles. The minimum absolute atomic E-state index is 0.177. The number of oxazole rings is 1. The molecule has 172 valence electrons. The number of thioether (sulfide) groups is 1. The van der Waals surface area contributed by atoms with Crippen LogP contribution in [0.5, 0.6) is 0 Å². The van der Waals surface area contributed by atoms with Gasteiger partial charge in [-0.05, 0) is 86.5 Å². The second kappa shape index (κ2) is 10.7. The molecule has 3 aromatic rings. The van der Waals surface area contributed by atoms with Gasteiger partial charge in [0.15, 0.2) is 5.58 Å². The number of hydrogen-bond acceptors (Lipinski definition) is 4. The van der Waals surface area contributed by atoms with E-state index in [0.717, 1.165) is 35.6 Å². The number of nitrogens with zero attached hydrogens (tertiary/aromatic N) is 1. The lowest BCUT2D eigenvalue weighted by Gasteiger charge is -2.41. The summed E-state index contributed by atoms with van der Waals surface area (Å²) in [5, 5.41) is 0. The van der Waals surface area contributed by atoms with E-state index < -0.39 is 0 Å². The first-order valence-electron chi connectivity index (χ1n) is 11.8. The first-order chi connectivity index (χ1) is 15.6. The predicted octanol–water partition coefficient (Wildman–Crippen LogP) is 6.57. The van der Waals surface area contributed by atoms with E-state index in [0.29, 0.717) is 23.6 Å². The lowest BCUT2D eigenvalue weighted by atomic mass is 9.80. The van der Waals surface area contributed by atoms with Gasteiger partial charge >= 0.3 is 5.76 Å². The van der Waals surface area contributed by atoms with Gasteiger partial charge in [-0.2, -0.15) is 0 Å². The molecule has 4 nitrogen and oxygen atoms in total. The molecule has 0 amide bonds. The van der Waals surface area contributed by atoms with E-state index in [4.69, 9.17) is 4.42 Å². The standard InChI is InChI=1S/C26H33FN2O2S/c1-3-5-22(17-32-23-13-9-20(27)10-14-23)29(4-2)21-11-6-18(7-12-21)19-8-15-24-25(16-19)31-26(30)28-24/h8-10,13-16,18,21-22H,3-7,11-12,17H2,1-2H3,(H,28,30). The van der Waals surface area contributed by atoms with Gasteiger partial charge < -0.3 is 4.42 Å². The van der Waals surface area contributed by atoms with Gasteiger partial charge in [-0.15, -0.1) is 11.8 Å². The number of H-pyrrole nitrogens is 1. The van der Waals surface area contributed by atoms with E-state index >= 15 is 0 Å². The maximum absolute atomic E-state index is 13.2. The number of benzene rings is 2. The zero-order valence-corrected chi connectivity index (χ0v) is 19.8. The van der Waals surface area contributed by atoms with Gasteiger partial charge in [0.1, 0.15) is 5.82 Å². The van der Waals surface area contributed by atoms with Gasteiger partial charge in [0.05, 0.1) is 5.52 Å². The molecule has 1 atom stereocenters. The second-order valence-corrected chi connectivity index (χ2v) is 9.91. The van der Waals surface area contributed by atoms with Gasteiger partial charge in [-0.3, -0.25) is 9.88 Å². The van der Waals surface area contributed by atoms with E-state index in [9.17, 15) is 9.18 Å². The summed E-state index contributed by atoms with van der Waals surface area (Å²) in [4.78, 5) is 18.0. The van der Waals surface area contributed by atoms with Crippen molar-refractivity contribution in [2.24, 2.45) is 0 Å². The van der Waals surface area contributed by atoms with Gasteiger partial charge in [0.25, 0.3) is 0 Å². The average molecular weight is 457 g/mol. The molecule has 1 saturated carbocycles. The molecule has 1 aromatic heterocycles. The van der Waals surface area contributed by atoms with Crippen LogP contribution in [-0.4, -0.2) is 34.3 Å². The number of fused-ring (bicyclic) bond motifs is 1. The number of rotatable bonds is 9. The van der Waals surface area contributed by atoms with Crippen molar-refractivity contribution in [1.29, 1.82) is 0 Å². The summed E-state index contributed by atoms with van der Waals surface area (Å²) in [6, 6.07) is 14.1. The zero-order valence-electron chi connectivity index (χ0n) is 19.0. The minimum Gasteiger partial charge on any atom is -0.408 e. The number of halogens is 1. The molecule has 6 heteroatoms. The normalized spacial score (nSPS) is 20.1. The number of hydrogen-bond donors (Lipinski definition) is 1. The van der Waals surface area contributed by atoms with Gasteiger partial charge in [-0.1, -0.05) is 26.3 Å². The molecule has 1 heterocycles. The Morgan fingerprint density at radius 3 is 2.56 bits per heavy atom. The molecule has 1 aliphatic carbocycles. The first-order valence-corrected chi connectivity index (χ1v) is 12.8. The van der Waals surface area contributed by atoms with Crippen LogP contribution in [-0.2, 0) is 0 Å². The lowest BCUT2D eigenvalue weighted by molar-refractivity contribution is 0.111. The Hall–Kier alpha value is -2.05. The van der Waals surface area contributed by atoms with Crippen molar-refractivity contribution < 1.29 is 8.81 Å². The fourth-order valence-corrected chi connectivity index (χ4v) is 6.24. The number of aromatic nitrogens is 1. The van der Waals surface area contributed by atoms with Crippen LogP contribution in [0.1, 0.15) is 63.9 Å². The van der Waals surface area contributed by atoms with Gasteiger partial charge in [0, 0.05) is 22.7 Å². The Morgan fingerprint density at radius 2 is 1.88 bits per heavy atom. The highest BCUT2D eigenvalue weighted by atomic mass is 32.2. The maximum Gasteiger partial charge on any atom is 0.417 e. The minimum atomic E-state index is -0.389. The highest BCUT2D eigenvalue weighted by Gasteiger charge is 2.30. The largest absolute Gasteiger partial charge is 0.417 e. The van der Waals surface area contributed by atoms with E-state index in [1.54, 1.807) is 12.1 Å².